The summed E-state index contributed by atoms with van der Waals surface area (Å²) in [5.41, 5.74) is 2.56. The molecule has 0 aliphatic carbocycles. The first-order valence-corrected chi connectivity index (χ1v) is 11.5. The first kappa shape index (κ1) is 24.9. The van der Waals surface area contributed by atoms with Crippen molar-refractivity contribution in [2.45, 2.75) is 52.8 Å². The molecule has 3 aromatic rings. The minimum absolute atomic E-state index is 0.225. The van der Waals surface area contributed by atoms with Gasteiger partial charge < -0.3 is 14.6 Å². The van der Waals surface area contributed by atoms with E-state index in [4.69, 9.17) is 14.6 Å². The van der Waals surface area contributed by atoms with E-state index in [0.29, 0.717) is 37.9 Å². The van der Waals surface area contributed by atoms with Crippen LogP contribution in [0.2, 0.25) is 0 Å². The van der Waals surface area contributed by atoms with E-state index in [2.05, 4.69) is 18.7 Å². The quantitative estimate of drug-likeness (QED) is 0.411. The van der Waals surface area contributed by atoms with Crippen LogP contribution in [0.3, 0.4) is 0 Å². The summed E-state index contributed by atoms with van der Waals surface area (Å²) < 4.78 is 27.2. The van der Waals surface area contributed by atoms with Gasteiger partial charge in [0.05, 0.1) is 29.7 Å². The SMILES string of the molecule is CCOC[C@H](O)CN(Cc1c(C)nn(-c2ccccc2)c1Oc1cccc(F)c1)[C@@H](C)CC. The van der Waals surface area contributed by atoms with Crippen LogP contribution in [0.4, 0.5) is 4.39 Å². The van der Waals surface area contributed by atoms with Gasteiger partial charge in [0, 0.05) is 31.8 Å². The first-order valence-electron chi connectivity index (χ1n) is 11.5. The molecule has 33 heavy (non-hydrogen) atoms. The van der Waals surface area contributed by atoms with Crippen LogP contribution in [0.1, 0.15) is 38.4 Å². The van der Waals surface area contributed by atoms with Crippen molar-refractivity contribution in [1.29, 1.82) is 0 Å². The number of aliphatic hydroxyl groups excluding tert-OH is 1. The lowest BCUT2D eigenvalue weighted by molar-refractivity contribution is 0.0111. The molecule has 0 radical (unpaired) electrons. The lowest BCUT2D eigenvalue weighted by atomic mass is 10.1. The molecule has 0 saturated carbocycles. The van der Waals surface area contributed by atoms with Gasteiger partial charge >= 0.3 is 0 Å². The molecule has 7 heteroatoms. The molecule has 1 N–H and O–H groups in total. The number of nitrogens with zero attached hydrogens (tertiary/aromatic N) is 3. The van der Waals surface area contributed by atoms with Crippen LogP contribution in [0.5, 0.6) is 11.6 Å². The molecule has 0 unspecified atom stereocenters. The van der Waals surface area contributed by atoms with E-state index in [-0.39, 0.29) is 11.9 Å². The minimum atomic E-state index is -0.601. The van der Waals surface area contributed by atoms with Gasteiger partial charge in [-0.05, 0) is 51.5 Å². The molecule has 0 bridgehead atoms. The Hall–Kier alpha value is -2.74. The number of para-hydroxylation sites is 1. The average molecular weight is 456 g/mol. The van der Waals surface area contributed by atoms with E-state index in [0.717, 1.165) is 23.4 Å². The van der Waals surface area contributed by atoms with Gasteiger partial charge in [-0.2, -0.15) is 5.10 Å². The van der Waals surface area contributed by atoms with Gasteiger partial charge in [-0.1, -0.05) is 31.2 Å². The highest BCUT2D eigenvalue weighted by Crippen LogP contribution is 2.32. The molecule has 3 rings (SSSR count). The third kappa shape index (κ3) is 6.63. The van der Waals surface area contributed by atoms with Crippen LogP contribution in [0, 0.1) is 12.7 Å². The number of hydrogen-bond acceptors (Lipinski definition) is 5. The Morgan fingerprint density at radius 1 is 1.12 bits per heavy atom. The zero-order chi connectivity index (χ0) is 23.8. The number of ether oxygens (including phenoxy) is 2. The molecule has 0 aliphatic rings. The second-order valence-corrected chi connectivity index (χ2v) is 8.18. The fourth-order valence-electron chi connectivity index (χ4n) is 3.65. The number of aliphatic hydroxyl groups is 1. The lowest BCUT2D eigenvalue weighted by Gasteiger charge is -2.30. The number of rotatable bonds is 12. The molecule has 1 aromatic heterocycles. The normalized spacial score (nSPS) is 13.3. The van der Waals surface area contributed by atoms with Crippen molar-refractivity contribution < 1.29 is 19.0 Å². The van der Waals surface area contributed by atoms with E-state index in [9.17, 15) is 9.50 Å². The fraction of sp³-hybridized carbons (Fsp3) is 0.423. The van der Waals surface area contributed by atoms with Gasteiger partial charge in [-0.3, -0.25) is 4.90 Å². The molecule has 6 nitrogen and oxygen atoms in total. The summed E-state index contributed by atoms with van der Waals surface area (Å²) in [5.74, 6) is 0.577. The van der Waals surface area contributed by atoms with Gasteiger partial charge in [0.1, 0.15) is 11.6 Å². The maximum Gasteiger partial charge on any atom is 0.227 e. The molecule has 0 spiro atoms. The van der Waals surface area contributed by atoms with Gasteiger partial charge in [0.25, 0.3) is 0 Å². The fourth-order valence-corrected chi connectivity index (χ4v) is 3.65. The Morgan fingerprint density at radius 3 is 2.55 bits per heavy atom. The van der Waals surface area contributed by atoms with Crippen molar-refractivity contribution in [2.24, 2.45) is 0 Å². The summed E-state index contributed by atoms with van der Waals surface area (Å²) >= 11 is 0. The Labute approximate surface area is 195 Å². The summed E-state index contributed by atoms with van der Waals surface area (Å²) in [5, 5.41) is 15.3. The highest BCUT2D eigenvalue weighted by Gasteiger charge is 2.24. The molecule has 0 amide bonds. The molecule has 2 aromatic carbocycles. The monoisotopic (exact) mass is 455 g/mol. The molecular formula is C26H34FN3O3. The summed E-state index contributed by atoms with van der Waals surface area (Å²) in [7, 11) is 0. The van der Waals surface area contributed by atoms with Gasteiger partial charge in [0.2, 0.25) is 5.88 Å². The summed E-state index contributed by atoms with van der Waals surface area (Å²) in [4.78, 5) is 2.21. The predicted octanol–water partition coefficient (Wildman–Crippen LogP) is 5.11. The lowest BCUT2D eigenvalue weighted by Crippen LogP contribution is -2.40. The maximum atomic E-state index is 13.9. The number of halogens is 1. The molecule has 0 aliphatic heterocycles. The Bertz CT molecular complexity index is 1010. The second-order valence-electron chi connectivity index (χ2n) is 8.18. The molecule has 0 saturated heterocycles. The highest BCUT2D eigenvalue weighted by atomic mass is 19.1. The number of aromatic nitrogens is 2. The molecule has 2 atom stereocenters. The van der Waals surface area contributed by atoms with Crippen molar-refractivity contribution in [3.05, 3.63) is 71.7 Å². The van der Waals surface area contributed by atoms with Crippen LogP contribution in [-0.2, 0) is 11.3 Å². The van der Waals surface area contributed by atoms with Crippen LogP contribution >= 0.6 is 0 Å². The number of aryl methyl sites for hydroxylation is 1. The predicted molar refractivity (Wildman–Crippen MR) is 127 cm³/mol. The zero-order valence-corrected chi connectivity index (χ0v) is 19.9. The van der Waals surface area contributed by atoms with Crippen molar-refractivity contribution in [2.75, 3.05) is 19.8 Å². The molecule has 0 fully saturated rings. The van der Waals surface area contributed by atoms with Crippen molar-refractivity contribution in [3.8, 4) is 17.3 Å². The second kappa shape index (κ2) is 11.9. The zero-order valence-electron chi connectivity index (χ0n) is 19.9. The molecule has 178 valence electrons. The summed E-state index contributed by atoms with van der Waals surface area (Å²) in [6.45, 7) is 9.96. The molecule has 1 heterocycles. The maximum absolute atomic E-state index is 13.9. The van der Waals surface area contributed by atoms with E-state index < -0.39 is 6.10 Å². The summed E-state index contributed by atoms with van der Waals surface area (Å²) in [6.07, 6.45) is 0.323. The van der Waals surface area contributed by atoms with E-state index in [1.54, 1.807) is 16.8 Å². The minimum Gasteiger partial charge on any atom is -0.438 e. The Balaban J connectivity index is 1.99. The topological polar surface area (TPSA) is 59.8 Å². The van der Waals surface area contributed by atoms with E-state index >= 15 is 0 Å². The number of benzene rings is 2. The van der Waals surface area contributed by atoms with E-state index in [1.165, 1.54) is 12.1 Å². The average Bonchev–Trinajstić information content (AvgIpc) is 3.12. The van der Waals surface area contributed by atoms with Crippen LogP contribution in [0.25, 0.3) is 5.69 Å². The third-order valence-electron chi connectivity index (χ3n) is 5.68. The Morgan fingerprint density at radius 2 is 1.88 bits per heavy atom. The standard InChI is InChI=1S/C26H34FN3O3/c1-5-19(3)29(16-23(31)18-32-6-2)17-25-20(4)28-30(22-12-8-7-9-13-22)26(25)33-24-14-10-11-21(27)15-24/h7-15,19,23,31H,5-6,16-18H2,1-4H3/t19-,23+/m0/s1. The highest BCUT2D eigenvalue weighted by molar-refractivity contribution is 5.43. The van der Waals surface area contributed by atoms with Crippen LogP contribution < -0.4 is 4.74 Å². The van der Waals surface area contributed by atoms with Crippen LogP contribution in [-0.4, -0.2) is 51.7 Å². The molecular weight excluding hydrogens is 421 g/mol. The van der Waals surface area contributed by atoms with Gasteiger partial charge in [0.15, 0.2) is 0 Å². The largest absolute Gasteiger partial charge is 0.438 e. The smallest absolute Gasteiger partial charge is 0.227 e. The van der Waals surface area contributed by atoms with E-state index in [1.807, 2.05) is 44.2 Å². The number of hydrogen-bond donors (Lipinski definition) is 1. The van der Waals surface area contributed by atoms with Crippen molar-refractivity contribution in [1.82, 2.24) is 14.7 Å². The first-order chi connectivity index (χ1) is 15.9. The third-order valence-corrected chi connectivity index (χ3v) is 5.68. The van der Waals surface area contributed by atoms with Gasteiger partial charge in [-0.25, -0.2) is 9.07 Å². The van der Waals surface area contributed by atoms with Crippen molar-refractivity contribution >= 4 is 0 Å². The summed E-state index contributed by atoms with van der Waals surface area (Å²) in [6, 6.07) is 16.0. The van der Waals surface area contributed by atoms with Crippen LogP contribution in [0.15, 0.2) is 54.6 Å². The Kier molecular flexibility index (Phi) is 9.00. The van der Waals surface area contributed by atoms with Gasteiger partial charge in [-0.15, -0.1) is 0 Å². The van der Waals surface area contributed by atoms with Crippen molar-refractivity contribution in [3.63, 3.8) is 0 Å².